The molecule has 1 aromatic heterocycles. The molecule has 1 aromatic carbocycles. The summed E-state index contributed by atoms with van der Waals surface area (Å²) in [5.41, 5.74) is -1.95. The van der Waals surface area contributed by atoms with Gasteiger partial charge < -0.3 is 25.5 Å². The first kappa shape index (κ1) is 15.5. The predicted molar refractivity (Wildman–Crippen MR) is 76.1 cm³/mol. The minimum Gasteiger partial charge on any atom is -0.479 e. The van der Waals surface area contributed by atoms with Crippen LogP contribution in [0.5, 0.6) is 0 Å². The summed E-state index contributed by atoms with van der Waals surface area (Å²) in [7, 11) is 0. The van der Waals surface area contributed by atoms with E-state index in [2.05, 4.69) is 10.1 Å². The second-order valence-electron chi connectivity index (χ2n) is 4.90. The van der Waals surface area contributed by atoms with Crippen molar-refractivity contribution in [3.05, 3.63) is 36.0 Å². The number of oxime groups is 1. The number of H-pyrrole nitrogens is 1. The van der Waals surface area contributed by atoms with Crippen LogP contribution in [-0.2, 0) is 16.0 Å². The zero-order valence-corrected chi connectivity index (χ0v) is 11.4. The Bertz CT molecular complexity index is 751. The molecule has 0 spiro atoms. The first-order valence-electron chi connectivity index (χ1n) is 6.32. The fourth-order valence-corrected chi connectivity index (χ4v) is 2.24. The van der Waals surface area contributed by atoms with Crippen molar-refractivity contribution in [2.45, 2.75) is 18.4 Å². The van der Waals surface area contributed by atoms with Crippen LogP contribution in [-0.4, -0.2) is 48.8 Å². The Morgan fingerprint density at radius 2 is 1.91 bits per heavy atom. The molecule has 0 aliphatic carbocycles. The van der Waals surface area contributed by atoms with E-state index in [0.29, 0.717) is 5.56 Å². The van der Waals surface area contributed by atoms with E-state index in [4.69, 9.17) is 10.3 Å². The van der Waals surface area contributed by atoms with Crippen LogP contribution < -0.4 is 0 Å². The van der Waals surface area contributed by atoms with Crippen molar-refractivity contribution in [3.8, 4) is 0 Å². The number of carboxylic acid groups (broad SMARTS) is 2. The summed E-state index contributed by atoms with van der Waals surface area (Å²) in [6.07, 6.45) is 0.390. The maximum Gasteiger partial charge on any atom is 0.353 e. The van der Waals surface area contributed by atoms with Gasteiger partial charge >= 0.3 is 11.9 Å². The molecule has 2 aromatic rings. The third-order valence-corrected chi connectivity index (χ3v) is 3.38. The summed E-state index contributed by atoms with van der Waals surface area (Å²) in [6, 6.07) is 7.10. The number of aromatic amines is 1. The lowest BCUT2D eigenvalue weighted by molar-refractivity contribution is -0.157. The number of hydrogen-bond acceptors (Lipinski definition) is 5. The third-order valence-electron chi connectivity index (χ3n) is 3.38. The summed E-state index contributed by atoms with van der Waals surface area (Å²) < 4.78 is 0. The first-order chi connectivity index (χ1) is 10.4. The van der Waals surface area contributed by atoms with Gasteiger partial charge in [-0.2, -0.15) is 0 Å². The van der Waals surface area contributed by atoms with E-state index in [0.717, 1.165) is 10.9 Å². The molecule has 1 atom stereocenters. The van der Waals surface area contributed by atoms with Crippen LogP contribution in [0.25, 0.3) is 10.9 Å². The molecular weight excluding hydrogens is 292 g/mol. The molecule has 8 nitrogen and oxygen atoms in total. The van der Waals surface area contributed by atoms with E-state index >= 15 is 0 Å². The number of aliphatic carboxylic acids is 2. The molecule has 0 fully saturated rings. The monoisotopic (exact) mass is 306 g/mol. The molecule has 8 heteroatoms. The van der Waals surface area contributed by atoms with Crippen LogP contribution in [0, 0.1) is 0 Å². The van der Waals surface area contributed by atoms with Crippen molar-refractivity contribution in [1.82, 2.24) is 4.98 Å². The Morgan fingerprint density at radius 1 is 1.23 bits per heavy atom. The fraction of sp³-hybridized carbons (Fsp3) is 0.214. The normalized spacial score (nSPS) is 14.7. The highest BCUT2D eigenvalue weighted by Crippen LogP contribution is 2.25. The zero-order chi connectivity index (χ0) is 16.3. The third kappa shape index (κ3) is 2.91. The minimum absolute atomic E-state index is 0.335. The van der Waals surface area contributed by atoms with E-state index in [1.165, 1.54) is 0 Å². The highest BCUT2D eigenvalue weighted by Gasteiger charge is 2.40. The second kappa shape index (κ2) is 5.86. The minimum atomic E-state index is -2.40. The Balaban J connectivity index is 2.36. The molecule has 0 aliphatic rings. The number of nitrogens with zero attached hydrogens (tertiary/aromatic N) is 1. The van der Waals surface area contributed by atoms with Crippen molar-refractivity contribution in [2.24, 2.45) is 5.16 Å². The molecule has 0 saturated carbocycles. The Kier molecular flexibility index (Phi) is 4.13. The quantitative estimate of drug-likeness (QED) is 0.304. The number of fused-ring (bicyclic) bond motifs is 1. The van der Waals surface area contributed by atoms with E-state index < -0.39 is 29.7 Å². The van der Waals surface area contributed by atoms with Gasteiger partial charge in [0.15, 0.2) is 11.3 Å². The number of nitrogens with one attached hydrogen (secondary N) is 1. The van der Waals surface area contributed by atoms with Gasteiger partial charge in [0, 0.05) is 29.9 Å². The Morgan fingerprint density at radius 3 is 2.50 bits per heavy atom. The molecule has 0 aliphatic heterocycles. The summed E-state index contributed by atoms with van der Waals surface area (Å²) in [5, 5.41) is 40.2. The summed E-state index contributed by atoms with van der Waals surface area (Å²) in [6.45, 7) is 0. The number of para-hydroxylation sites is 1. The van der Waals surface area contributed by atoms with E-state index in [9.17, 15) is 19.8 Å². The number of rotatable bonds is 6. The van der Waals surface area contributed by atoms with Crippen LogP contribution in [0.1, 0.15) is 12.0 Å². The molecule has 1 heterocycles. The number of aromatic nitrogens is 1. The standard InChI is InChI=1S/C14H14N2O6/c17-12(18)11(16-22)6-14(21,13(19)20)5-8-7-15-10-4-2-1-3-9(8)10/h1-4,7,15,21-22H,5-6H2,(H,17,18)(H,19,20)/b16-11+/t14-/m1/s1. The van der Waals surface area contributed by atoms with Crippen LogP contribution in [0.3, 0.4) is 0 Å². The molecule has 0 amide bonds. The van der Waals surface area contributed by atoms with Gasteiger partial charge in [-0.25, -0.2) is 9.59 Å². The van der Waals surface area contributed by atoms with Gasteiger partial charge in [-0.05, 0) is 11.6 Å². The van der Waals surface area contributed by atoms with E-state index in [-0.39, 0.29) is 6.42 Å². The second-order valence-corrected chi connectivity index (χ2v) is 4.90. The molecule has 2 rings (SSSR count). The van der Waals surface area contributed by atoms with Gasteiger partial charge in [0.25, 0.3) is 0 Å². The molecule has 5 N–H and O–H groups in total. The predicted octanol–water partition coefficient (Wildman–Crippen LogP) is 0.831. The number of benzene rings is 1. The largest absolute Gasteiger partial charge is 0.479 e. The van der Waals surface area contributed by atoms with Crippen LogP contribution in [0.4, 0.5) is 0 Å². The maximum atomic E-state index is 11.4. The van der Waals surface area contributed by atoms with Gasteiger partial charge in [0.2, 0.25) is 0 Å². The summed E-state index contributed by atoms with van der Waals surface area (Å²) >= 11 is 0. The molecule has 0 radical (unpaired) electrons. The number of carboxylic acids is 2. The van der Waals surface area contributed by atoms with Crippen molar-refractivity contribution in [3.63, 3.8) is 0 Å². The van der Waals surface area contributed by atoms with E-state index in [1.807, 2.05) is 0 Å². The van der Waals surface area contributed by atoms with Crippen molar-refractivity contribution in [2.75, 3.05) is 0 Å². The average molecular weight is 306 g/mol. The van der Waals surface area contributed by atoms with Gasteiger partial charge in [-0.3, -0.25) is 0 Å². The molecular formula is C14H14N2O6. The highest BCUT2D eigenvalue weighted by molar-refractivity contribution is 6.36. The van der Waals surface area contributed by atoms with Crippen molar-refractivity contribution >= 4 is 28.6 Å². The molecule has 0 bridgehead atoms. The SMILES string of the molecule is O=C(O)/C(C[C@](O)(Cc1c[nH]c2ccccc12)C(=O)O)=N/O. The van der Waals surface area contributed by atoms with Gasteiger partial charge in [0.1, 0.15) is 0 Å². The van der Waals surface area contributed by atoms with Crippen molar-refractivity contribution in [1.29, 1.82) is 0 Å². The van der Waals surface area contributed by atoms with Gasteiger partial charge in [0.05, 0.1) is 0 Å². The average Bonchev–Trinajstić information content (AvgIpc) is 2.87. The summed E-state index contributed by atoms with van der Waals surface area (Å²) in [4.78, 5) is 25.2. The Hall–Kier alpha value is -2.87. The lowest BCUT2D eigenvalue weighted by Gasteiger charge is -2.22. The molecule has 0 unspecified atom stereocenters. The topological polar surface area (TPSA) is 143 Å². The number of hydrogen-bond donors (Lipinski definition) is 5. The van der Waals surface area contributed by atoms with Gasteiger partial charge in [-0.15, -0.1) is 0 Å². The van der Waals surface area contributed by atoms with Crippen LogP contribution in [0.2, 0.25) is 0 Å². The molecule has 0 saturated heterocycles. The molecule has 22 heavy (non-hydrogen) atoms. The van der Waals surface area contributed by atoms with Crippen LogP contribution in [0.15, 0.2) is 35.6 Å². The summed E-state index contributed by atoms with van der Waals surface area (Å²) in [5.74, 6) is -3.19. The molecule has 116 valence electrons. The highest BCUT2D eigenvalue weighted by atomic mass is 16.4. The van der Waals surface area contributed by atoms with Crippen molar-refractivity contribution < 1.29 is 30.1 Å². The first-order valence-corrected chi connectivity index (χ1v) is 6.32. The number of aliphatic hydroxyl groups is 1. The lowest BCUT2D eigenvalue weighted by atomic mass is 9.89. The van der Waals surface area contributed by atoms with Gasteiger partial charge in [-0.1, -0.05) is 23.4 Å². The Labute approximate surface area is 124 Å². The smallest absolute Gasteiger partial charge is 0.353 e. The maximum absolute atomic E-state index is 11.4. The zero-order valence-electron chi connectivity index (χ0n) is 11.4. The van der Waals surface area contributed by atoms with E-state index in [1.54, 1.807) is 30.5 Å². The van der Waals surface area contributed by atoms with Crippen LogP contribution >= 0.6 is 0 Å². The lowest BCUT2D eigenvalue weighted by Crippen LogP contribution is -2.44. The fourth-order valence-electron chi connectivity index (χ4n) is 2.24. The number of carbonyl (C=O) groups is 2.